The van der Waals surface area contributed by atoms with Crippen LogP contribution >= 0.6 is 23.4 Å². The average molecular weight is 370 g/mol. The molecular weight excluding hydrogens is 354 g/mol. The molecule has 0 saturated heterocycles. The Bertz CT molecular complexity index is 989. The molecular formula is C18H16ClN5S. The summed E-state index contributed by atoms with van der Waals surface area (Å²) in [6.07, 6.45) is 0. The summed E-state index contributed by atoms with van der Waals surface area (Å²) >= 11 is 7.58. The van der Waals surface area contributed by atoms with Crippen molar-refractivity contribution in [1.29, 1.82) is 0 Å². The number of H-pyrrole nitrogens is 1. The summed E-state index contributed by atoms with van der Waals surface area (Å²) < 4.78 is 1.99. The van der Waals surface area contributed by atoms with Gasteiger partial charge in [0.15, 0.2) is 11.0 Å². The first-order valence-electron chi connectivity index (χ1n) is 7.88. The second kappa shape index (κ2) is 6.54. The van der Waals surface area contributed by atoms with Crippen LogP contribution in [0.25, 0.3) is 22.4 Å². The zero-order valence-corrected chi connectivity index (χ0v) is 15.3. The van der Waals surface area contributed by atoms with E-state index in [-0.39, 0.29) is 5.25 Å². The molecule has 0 bridgehead atoms. The van der Waals surface area contributed by atoms with Gasteiger partial charge in [0.05, 0.1) is 16.3 Å². The van der Waals surface area contributed by atoms with Crippen molar-refractivity contribution in [2.24, 2.45) is 7.05 Å². The summed E-state index contributed by atoms with van der Waals surface area (Å²) in [7, 11) is 1.97. The molecule has 25 heavy (non-hydrogen) atoms. The Morgan fingerprint density at radius 1 is 1.08 bits per heavy atom. The molecule has 0 aliphatic rings. The molecule has 5 nitrogen and oxygen atoms in total. The van der Waals surface area contributed by atoms with E-state index in [9.17, 15) is 0 Å². The number of imidazole rings is 1. The second-order valence-corrected chi connectivity index (χ2v) is 7.52. The van der Waals surface area contributed by atoms with Crippen molar-refractivity contribution >= 4 is 34.4 Å². The van der Waals surface area contributed by atoms with Crippen molar-refractivity contribution in [3.05, 3.63) is 59.4 Å². The first-order valence-corrected chi connectivity index (χ1v) is 9.14. The lowest BCUT2D eigenvalue weighted by atomic mass is 10.2. The number of aromatic nitrogens is 5. The lowest BCUT2D eigenvalue weighted by Crippen LogP contribution is -1.98. The first kappa shape index (κ1) is 16.2. The summed E-state index contributed by atoms with van der Waals surface area (Å²) in [5, 5.41) is 10.3. The van der Waals surface area contributed by atoms with E-state index in [2.05, 4.69) is 27.1 Å². The van der Waals surface area contributed by atoms with Gasteiger partial charge in [0.2, 0.25) is 0 Å². The SMILES string of the molecule is CC(Sc1nnc(-c2ccc(Cl)cc2)n1C)c1nc2ccccc2[nH]1. The molecule has 2 aromatic carbocycles. The van der Waals surface area contributed by atoms with Crippen LogP contribution < -0.4 is 0 Å². The van der Waals surface area contributed by atoms with E-state index in [1.54, 1.807) is 11.8 Å². The number of fused-ring (bicyclic) bond motifs is 1. The van der Waals surface area contributed by atoms with Gasteiger partial charge in [-0.1, -0.05) is 35.5 Å². The van der Waals surface area contributed by atoms with Crippen LogP contribution in [0.2, 0.25) is 5.02 Å². The number of rotatable bonds is 4. The number of benzene rings is 2. The van der Waals surface area contributed by atoms with Gasteiger partial charge in [-0.2, -0.15) is 0 Å². The van der Waals surface area contributed by atoms with E-state index in [1.807, 2.05) is 60.1 Å². The smallest absolute Gasteiger partial charge is 0.191 e. The van der Waals surface area contributed by atoms with Gasteiger partial charge in [0.25, 0.3) is 0 Å². The number of hydrogen-bond acceptors (Lipinski definition) is 4. The maximum Gasteiger partial charge on any atom is 0.191 e. The Labute approximate surface area is 154 Å². The monoisotopic (exact) mass is 369 g/mol. The van der Waals surface area contributed by atoms with Crippen LogP contribution in [0, 0.1) is 0 Å². The van der Waals surface area contributed by atoms with Crippen molar-refractivity contribution < 1.29 is 0 Å². The first-order chi connectivity index (χ1) is 12.1. The molecule has 1 unspecified atom stereocenters. The maximum atomic E-state index is 5.96. The Hall–Kier alpha value is -2.31. The fraction of sp³-hybridized carbons (Fsp3) is 0.167. The highest BCUT2D eigenvalue weighted by Crippen LogP contribution is 2.34. The van der Waals surface area contributed by atoms with Crippen LogP contribution in [0.1, 0.15) is 18.0 Å². The van der Waals surface area contributed by atoms with E-state index in [0.29, 0.717) is 5.02 Å². The highest BCUT2D eigenvalue weighted by atomic mass is 35.5. The van der Waals surface area contributed by atoms with Crippen LogP contribution in [0.15, 0.2) is 53.7 Å². The summed E-state index contributed by atoms with van der Waals surface area (Å²) in [6.45, 7) is 2.11. The van der Waals surface area contributed by atoms with Crippen molar-refractivity contribution in [3.8, 4) is 11.4 Å². The maximum absolute atomic E-state index is 5.96. The predicted molar refractivity (Wildman–Crippen MR) is 102 cm³/mol. The molecule has 2 aromatic heterocycles. The zero-order valence-electron chi connectivity index (χ0n) is 13.8. The molecule has 0 aliphatic heterocycles. The Kier molecular flexibility index (Phi) is 4.23. The molecule has 1 atom stereocenters. The third kappa shape index (κ3) is 3.15. The number of nitrogens with zero attached hydrogens (tertiary/aromatic N) is 4. The lowest BCUT2D eigenvalue weighted by molar-refractivity contribution is 0.788. The van der Waals surface area contributed by atoms with Crippen LogP contribution in [0.3, 0.4) is 0 Å². The average Bonchev–Trinajstić information content (AvgIpc) is 3.20. The topological polar surface area (TPSA) is 59.4 Å². The van der Waals surface area contributed by atoms with Crippen molar-refractivity contribution in [2.75, 3.05) is 0 Å². The molecule has 0 amide bonds. The van der Waals surface area contributed by atoms with Crippen LogP contribution in [-0.2, 0) is 7.05 Å². The standard InChI is InChI=1S/C18H16ClN5S/c1-11(16-20-14-5-3-4-6-15(14)21-16)25-18-23-22-17(24(18)2)12-7-9-13(19)10-8-12/h3-11H,1-2H3,(H,20,21). The third-order valence-corrected chi connectivity index (χ3v) is 5.41. The van der Waals surface area contributed by atoms with E-state index in [0.717, 1.165) is 33.4 Å². The van der Waals surface area contributed by atoms with Crippen LogP contribution in [-0.4, -0.2) is 24.7 Å². The minimum absolute atomic E-state index is 0.133. The van der Waals surface area contributed by atoms with Gasteiger partial charge in [-0.25, -0.2) is 4.98 Å². The van der Waals surface area contributed by atoms with Gasteiger partial charge in [-0.15, -0.1) is 10.2 Å². The Balaban J connectivity index is 1.59. The van der Waals surface area contributed by atoms with Crippen molar-refractivity contribution in [3.63, 3.8) is 0 Å². The predicted octanol–water partition coefficient (Wildman–Crippen LogP) is 4.87. The number of nitrogens with one attached hydrogen (secondary N) is 1. The van der Waals surface area contributed by atoms with Gasteiger partial charge in [0, 0.05) is 17.6 Å². The molecule has 4 aromatic rings. The fourth-order valence-corrected chi connectivity index (χ4v) is 3.64. The van der Waals surface area contributed by atoms with Gasteiger partial charge >= 0.3 is 0 Å². The van der Waals surface area contributed by atoms with Crippen LogP contribution in [0.5, 0.6) is 0 Å². The minimum atomic E-state index is 0.133. The quantitative estimate of drug-likeness (QED) is 0.521. The molecule has 0 saturated carbocycles. The minimum Gasteiger partial charge on any atom is -0.341 e. The number of thioether (sulfide) groups is 1. The summed E-state index contributed by atoms with van der Waals surface area (Å²) in [4.78, 5) is 8.04. The second-order valence-electron chi connectivity index (χ2n) is 5.77. The number of para-hydroxylation sites is 2. The van der Waals surface area contributed by atoms with Gasteiger partial charge in [-0.3, -0.25) is 0 Å². The number of aromatic amines is 1. The van der Waals surface area contributed by atoms with Gasteiger partial charge in [-0.05, 0) is 43.3 Å². The van der Waals surface area contributed by atoms with Crippen LogP contribution in [0.4, 0.5) is 0 Å². The van der Waals surface area contributed by atoms with Crippen molar-refractivity contribution in [1.82, 2.24) is 24.7 Å². The lowest BCUT2D eigenvalue weighted by Gasteiger charge is -2.08. The van der Waals surface area contributed by atoms with Gasteiger partial charge < -0.3 is 9.55 Å². The van der Waals surface area contributed by atoms with Gasteiger partial charge in [0.1, 0.15) is 5.82 Å². The van der Waals surface area contributed by atoms with E-state index >= 15 is 0 Å². The molecule has 126 valence electrons. The highest BCUT2D eigenvalue weighted by molar-refractivity contribution is 7.99. The van der Waals surface area contributed by atoms with E-state index < -0.39 is 0 Å². The molecule has 2 heterocycles. The number of halogens is 1. The summed E-state index contributed by atoms with van der Waals surface area (Å²) in [6, 6.07) is 15.6. The molecule has 7 heteroatoms. The third-order valence-electron chi connectivity index (χ3n) is 4.01. The van der Waals surface area contributed by atoms with Crippen molar-refractivity contribution in [2.45, 2.75) is 17.3 Å². The molecule has 0 fully saturated rings. The molecule has 0 spiro atoms. The molecule has 4 rings (SSSR count). The largest absolute Gasteiger partial charge is 0.341 e. The zero-order chi connectivity index (χ0) is 17.4. The summed E-state index contributed by atoms with van der Waals surface area (Å²) in [5.74, 6) is 1.75. The highest BCUT2D eigenvalue weighted by Gasteiger charge is 2.17. The molecule has 1 N–H and O–H groups in total. The number of hydrogen-bond donors (Lipinski definition) is 1. The normalized spacial score (nSPS) is 12.6. The molecule has 0 aliphatic carbocycles. The molecule has 0 radical (unpaired) electrons. The Morgan fingerprint density at radius 3 is 2.60 bits per heavy atom. The fourth-order valence-electron chi connectivity index (χ4n) is 2.65. The summed E-state index contributed by atoms with van der Waals surface area (Å²) in [5.41, 5.74) is 3.01. The van der Waals surface area contributed by atoms with E-state index in [4.69, 9.17) is 11.6 Å². The Morgan fingerprint density at radius 2 is 1.84 bits per heavy atom. The van der Waals surface area contributed by atoms with E-state index in [1.165, 1.54) is 0 Å².